The third-order valence-electron chi connectivity index (χ3n) is 4.31. The molecule has 0 fully saturated rings. The average Bonchev–Trinajstić information content (AvgIpc) is 3.36. The molecule has 0 bridgehead atoms. The van der Waals surface area contributed by atoms with Crippen molar-refractivity contribution >= 4 is 17.8 Å². The normalized spacial score (nSPS) is 12.3. The minimum Gasteiger partial charge on any atom is -0.455 e. The molecule has 0 spiro atoms. The van der Waals surface area contributed by atoms with Gasteiger partial charge in [0.25, 0.3) is 11.6 Å². The second-order valence-electron chi connectivity index (χ2n) is 6.23. The predicted molar refractivity (Wildman–Crippen MR) is 103 cm³/mol. The summed E-state index contributed by atoms with van der Waals surface area (Å²) >= 11 is 0. The number of rotatable bonds is 5. The fourth-order valence-corrected chi connectivity index (χ4v) is 2.79. The van der Waals surface area contributed by atoms with Gasteiger partial charge in [0.05, 0.1) is 11.1 Å². The number of nitrogens with zero attached hydrogens (tertiary/aromatic N) is 2. The van der Waals surface area contributed by atoms with Gasteiger partial charge < -0.3 is 13.9 Å². The van der Waals surface area contributed by atoms with Crippen molar-refractivity contribution in [1.29, 1.82) is 0 Å². The highest BCUT2D eigenvalue weighted by molar-refractivity contribution is 5.95. The minimum atomic E-state index is -0.435. The lowest BCUT2D eigenvalue weighted by atomic mass is 10.1. The van der Waals surface area contributed by atoms with Crippen molar-refractivity contribution in [3.63, 3.8) is 0 Å². The highest BCUT2D eigenvalue weighted by Gasteiger charge is 2.16. The van der Waals surface area contributed by atoms with Crippen LogP contribution in [-0.2, 0) is 0 Å². The van der Waals surface area contributed by atoms with Gasteiger partial charge in [-0.3, -0.25) is 14.9 Å². The molecule has 9 heteroatoms. The summed E-state index contributed by atoms with van der Waals surface area (Å²) in [7, 11) is 0. The van der Waals surface area contributed by atoms with E-state index in [9.17, 15) is 14.9 Å². The molecule has 9 nitrogen and oxygen atoms in total. The fraction of sp³-hybridized carbons (Fsp3) is 0.100. The Hall–Kier alpha value is -4.14. The van der Waals surface area contributed by atoms with Crippen LogP contribution in [0.2, 0.25) is 0 Å². The van der Waals surface area contributed by atoms with Gasteiger partial charge in [0.2, 0.25) is 6.79 Å². The number of fused-ring (bicyclic) bond motifs is 1. The highest BCUT2D eigenvalue weighted by Crippen LogP contribution is 2.32. The number of carbonyl (C=O) groups is 1. The number of amides is 1. The first-order chi connectivity index (χ1) is 14.0. The number of hydrogen-bond acceptors (Lipinski definition) is 7. The van der Waals surface area contributed by atoms with Crippen molar-refractivity contribution in [2.75, 3.05) is 6.79 Å². The van der Waals surface area contributed by atoms with Gasteiger partial charge in [-0.25, -0.2) is 5.43 Å². The Labute approximate surface area is 164 Å². The summed E-state index contributed by atoms with van der Waals surface area (Å²) in [6.45, 7) is 1.80. The van der Waals surface area contributed by atoms with Crippen molar-refractivity contribution in [2.24, 2.45) is 5.10 Å². The maximum Gasteiger partial charge on any atom is 0.273 e. The first-order valence-corrected chi connectivity index (χ1v) is 8.59. The van der Waals surface area contributed by atoms with Crippen molar-refractivity contribution in [3.8, 4) is 22.8 Å². The zero-order valence-corrected chi connectivity index (χ0v) is 15.2. The van der Waals surface area contributed by atoms with E-state index in [1.807, 2.05) is 0 Å². The van der Waals surface area contributed by atoms with E-state index in [4.69, 9.17) is 13.9 Å². The number of nitrogens with one attached hydrogen (secondary N) is 1. The molecule has 2 heterocycles. The SMILES string of the molecule is Cc1ccc(-c2ccc(/C=N/NC(=O)c3ccc4c(c3)OCO4)o2)cc1[N+](=O)[O-]. The number of nitro groups is 1. The summed E-state index contributed by atoms with van der Waals surface area (Å²) < 4.78 is 16.1. The van der Waals surface area contributed by atoms with Gasteiger partial charge in [0.1, 0.15) is 11.5 Å². The van der Waals surface area contributed by atoms with Gasteiger partial charge in [0, 0.05) is 22.8 Å². The molecular formula is C20H15N3O6. The molecule has 0 atom stereocenters. The smallest absolute Gasteiger partial charge is 0.273 e. The van der Waals surface area contributed by atoms with E-state index >= 15 is 0 Å². The molecule has 146 valence electrons. The average molecular weight is 393 g/mol. The molecule has 29 heavy (non-hydrogen) atoms. The van der Waals surface area contributed by atoms with Crippen molar-refractivity contribution < 1.29 is 23.6 Å². The van der Waals surface area contributed by atoms with Crippen molar-refractivity contribution in [3.05, 3.63) is 75.5 Å². The molecule has 0 radical (unpaired) electrons. The molecule has 1 amide bonds. The molecule has 1 aliphatic heterocycles. The number of aryl methyl sites for hydroxylation is 1. The predicted octanol–water partition coefficient (Wildman–Crippen LogP) is 3.66. The fourth-order valence-electron chi connectivity index (χ4n) is 2.79. The van der Waals surface area contributed by atoms with Crippen LogP contribution in [0, 0.1) is 17.0 Å². The third kappa shape index (κ3) is 3.79. The van der Waals surface area contributed by atoms with E-state index in [1.165, 1.54) is 12.3 Å². The Bertz CT molecular complexity index is 1130. The standard InChI is InChI=1S/C20H15N3O6/c1-12-2-3-13(8-16(12)23(25)26)17-7-5-15(29-17)10-21-22-20(24)14-4-6-18-19(9-14)28-11-27-18/h2-10H,11H2,1H3,(H,22,24)/b21-10+. The van der Waals surface area contributed by atoms with E-state index in [-0.39, 0.29) is 12.5 Å². The molecule has 0 saturated carbocycles. The van der Waals surface area contributed by atoms with Crippen LogP contribution >= 0.6 is 0 Å². The van der Waals surface area contributed by atoms with Gasteiger partial charge in [-0.05, 0) is 37.3 Å². The number of nitro benzene ring substituents is 1. The number of ether oxygens (including phenoxy) is 2. The van der Waals surface area contributed by atoms with Gasteiger partial charge in [-0.15, -0.1) is 0 Å². The second-order valence-corrected chi connectivity index (χ2v) is 6.23. The summed E-state index contributed by atoms with van der Waals surface area (Å²) in [5, 5.41) is 15.0. The van der Waals surface area contributed by atoms with Gasteiger partial charge in [0.15, 0.2) is 11.5 Å². The van der Waals surface area contributed by atoms with Crippen LogP contribution in [0.25, 0.3) is 11.3 Å². The number of hydrazone groups is 1. The lowest BCUT2D eigenvalue weighted by molar-refractivity contribution is -0.385. The number of hydrogen-bond donors (Lipinski definition) is 1. The topological polar surface area (TPSA) is 116 Å². The molecule has 3 aromatic rings. The Morgan fingerprint density at radius 1 is 1.14 bits per heavy atom. The Morgan fingerprint density at radius 3 is 2.79 bits per heavy atom. The van der Waals surface area contributed by atoms with Gasteiger partial charge in [-0.2, -0.15) is 5.10 Å². The van der Waals surface area contributed by atoms with Crippen molar-refractivity contribution in [2.45, 2.75) is 6.92 Å². The highest BCUT2D eigenvalue weighted by atomic mass is 16.7. The molecule has 1 aromatic heterocycles. The Morgan fingerprint density at radius 2 is 1.97 bits per heavy atom. The van der Waals surface area contributed by atoms with Crippen LogP contribution in [0.1, 0.15) is 21.7 Å². The van der Waals surface area contributed by atoms with E-state index in [0.29, 0.717) is 39.7 Å². The molecule has 1 aliphatic rings. The quantitative estimate of drug-likeness (QED) is 0.402. The number of benzene rings is 2. The Kier molecular flexibility index (Phi) is 4.70. The second kappa shape index (κ2) is 7.47. The van der Waals surface area contributed by atoms with Crippen LogP contribution in [0.4, 0.5) is 5.69 Å². The molecule has 1 N–H and O–H groups in total. The van der Waals surface area contributed by atoms with Crippen LogP contribution in [-0.4, -0.2) is 23.8 Å². The summed E-state index contributed by atoms with van der Waals surface area (Å²) in [6.07, 6.45) is 1.34. The number of carbonyl (C=O) groups excluding carboxylic acids is 1. The zero-order valence-electron chi connectivity index (χ0n) is 15.2. The monoisotopic (exact) mass is 393 g/mol. The lowest BCUT2D eigenvalue weighted by Gasteiger charge is -2.01. The number of furan rings is 1. The van der Waals surface area contributed by atoms with E-state index < -0.39 is 10.8 Å². The molecule has 0 aliphatic carbocycles. The summed E-state index contributed by atoms with van der Waals surface area (Å²) in [5.41, 5.74) is 3.94. The van der Waals surface area contributed by atoms with Crippen LogP contribution < -0.4 is 14.9 Å². The molecule has 0 unspecified atom stereocenters. The van der Waals surface area contributed by atoms with E-state index in [1.54, 1.807) is 49.4 Å². The van der Waals surface area contributed by atoms with Gasteiger partial charge in [-0.1, -0.05) is 12.1 Å². The zero-order chi connectivity index (χ0) is 20.4. The van der Waals surface area contributed by atoms with E-state index in [2.05, 4.69) is 10.5 Å². The minimum absolute atomic E-state index is 0.0186. The Balaban J connectivity index is 1.44. The maximum absolute atomic E-state index is 12.2. The summed E-state index contributed by atoms with van der Waals surface area (Å²) in [5.74, 6) is 1.51. The lowest BCUT2D eigenvalue weighted by Crippen LogP contribution is -2.17. The third-order valence-corrected chi connectivity index (χ3v) is 4.31. The molecular weight excluding hydrogens is 378 g/mol. The van der Waals surface area contributed by atoms with Crippen LogP contribution in [0.3, 0.4) is 0 Å². The first kappa shape index (κ1) is 18.2. The van der Waals surface area contributed by atoms with Crippen LogP contribution in [0.5, 0.6) is 11.5 Å². The largest absolute Gasteiger partial charge is 0.455 e. The molecule has 0 saturated heterocycles. The van der Waals surface area contributed by atoms with Crippen LogP contribution in [0.15, 0.2) is 58.0 Å². The maximum atomic E-state index is 12.2. The first-order valence-electron chi connectivity index (χ1n) is 8.59. The van der Waals surface area contributed by atoms with Gasteiger partial charge >= 0.3 is 0 Å². The summed E-state index contributed by atoms with van der Waals surface area (Å²) in [4.78, 5) is 22.8. The summed E-state index contributed by atoms with van der Waals surface area (Å²) in [6, 6.07) is 13.0. The molecule has 2 aromatic carbocycles. The van der Waals surface area contributed by atoms with Crippen molar-refractivity contribution in [1.82, 2.24) is 5.43 Å². The van der Waals surface area contributed by atoms with E-state index in [0.717, 1.165) is 0 Å². The molecule has 4 rings (SSSR count).